The van der Waals surface area contributed by atoms with Crippen molar-refractivity contribution in [1.29, 1.82) is 0 Å². The van der Waals surface area contributed by atoms with Crippen molar-refractivity contribution < 1.29 is 9.47 Å². The molecule has 0 aliphatic carbocycles. The lowest BCUT2D eigenvalue weighted by atomic mass is 10.0. The highest BCUT2D eigenvalue weighted by Gasteiger charge is 2.17. The van der Waals surface area contributed by atoms with E-state index in [0.717, 1.165) is 36.3 Å². The number of benzene rings is 1. The van der Waals surface area contributed by atoms with E-state index in [0.29, 0.717) is 19.8 Å². The molecule has 21 heavy (non-hydrogen) atoms. The monoisotopic (exact) mass is 288 g/mol. The van der Waals surface area contributed by atoms with Crippen LogP contribution in [0, 0.1) is 12.3 Å². The molecule has 4 heteroatoms. The summed E-state index contributed by atoms with van der Waals surface area (Å²) in [7, 11) is 0. The molecule has 114 valence electrons. The number of hydrogen-bond donors (Lipinski definition) is 2. The molecule has 2 unspecified atom stereocenters. The summed E-state index contributed by atoms with van der Waals surface area (Å²) in [5, 5.41) is 3.44. The fraction of sp³-hybridized carbons (Fsp3) is 0.529. The van der Waals surface area contributed by atoms with Crippen molar-refractivity contribution in [2.24, 2.45) is 5.73 Å². The number of hydrogen-bond acceptors (Lipinski definition) is 4. The number of fused-ring (bicyclic) bond motifs is 1. The second-order valence-corrected chi connectivity index (χ2v) is 5.22. The summed E-state index contributed by atoms with van der Waals surface area (Å²) in [6, 6.07) is 6.04. The highest BCUT2D eigenvalue weighted by atomic mass is 16.5. The topological polar surface area (TPSA) is 56.5 Å². The predicted molar refractivity (Wildman–Crippen MR) is 84.5 cm³/mol. The minimum atomic E-state index is 0.0229. The van der Waals surface area contributed by atoms with Gasteiger partial charge in [0, 0.05) is 19.0 Å². The second-order valence-electron chi connectivity index (χ2n) is 5.22. The van der Waals surface area contributed by atoms with Crippen LogP contribution in [0.15, 0.2) is 18.2 Å². The van der Waals surface area contributed by atoms with Gasteiger partial charge in [0.15, 0.2) is 11.5 Å². The first-order valence-electron chi connectivity index (χ1n) is 7.60. The first-order chi connectivity index (χ1) is 10.3. The van der Waals surface area contributed by atoms with E-state index in [2.05, 4.69) is 18.2 Å². The van der Waals surface area contributed by atoms with Crippen molar-refractivity contribution in [1.82, 2.24) is 5.32 Å². The first-order valence-corrected chi connectivity index (χ1v) is 7.60. The quantitative estimate of drug-likeness (QED) is 0.788. The predicted octanol–water partition coefficient (Wildman–Crippen LogP) is 2.24. The van der Waals surface area contributed by atoms with Crippen LogP contribution in [0.2, 0.25) is 0 Å². The van der Waals surface area contributed by atoms with E-state index in [1.54, 1.807) is 0 Å². The molecule has 0 saturated heterocycles. The molecule has 1 aliphatic heterocycles. The van der Waals surface area contributed by atoms with Crippen molar-refractivity contribution in [3.8, 4) is 23.8 Å². The van der Waals surface area contributed by atoms with Crippen molar-refractivity contribution in [2.45, 2.75) is 38.3 Å². The van der Waals surface area contributed by atoms with Gasteiger partial charge in [0.2, 0.25) is 0 Å². The molecule has 0 aromatic heterocycles. The van der Waals surface area contributed by atoms with Gasteiger partial charge in [-0.15, -0.1) is 6.42 Å². The Labute approximate surface area is 127 Å². The molecule has 0 spiro atoms. The molecule has 0 fully saturated rings. The third kappa shape index (κ3) is 4.13. The number of ether oxygens (including phenoxy) is 2. The molecule has 3 N–H and O–H groups in total. The minimum Gasteiger partial charge on any atom is -0.490 e. The van der Waals surface area contributed by atoms with Gasteiger partial charge in [0.25, 0.3) is 0 Å². The van der Waals surface area contributed by atoms with Gasteiger partial charge in [-0.2, -0.15) is 0 Å². The zero-order valence-corrected chi connectivity index (χ0v) is 12.6. The van der Waals surface area contributed by atoms with Gasteiger partial charge in [0.05, 0.1) is 19.3 Å². The maximum Gasteiger partial charge on any atom is 0.161 e. The van der Waals surface area contributed by atoms with Crippen LogP contribution in [0.1, 0.15) is 37.8 Å². The van der Waals surface area contributed by atoms with Crippen molar-refractivity contribution in [3.63, 3.8) is 0 Å². The van der Waals surface area contributed by atoms with E-state index in [9.17, 15) is 0 Å². The summed E-state index contributed by atoms with van der Waals surface area (Å²) in [5.74, 6) is 4.38. The SMILES string of the molecule is C#CC(CCC)NC(CN)c1ccc2c(c1)OCCCO2. The Morgan fingerprint density at radius 1 is 1.33 bits per heavy atom. The summed E-state index contributed by atoms with van der Waals surface area (Å²) in [4.78, 5) is 0. The molecule has 0 radical (unpaired) electrons. The van der Waals surface area contributed by atoms with Crippen LogP contribution in [0.3, 0.4) is 0 Å². The lowest BCUT2D eigenvalue weighted by Gasteiger charge is -2.22. The number of terminal acetylenes is 1. The fourth-order valence-corrected chi connectivity index (χ4v) is 2.44. The Balaban J connectivity index is 2.14. The Bertz CT molecular complexity index is 496. The number of nitrogens with two attached hydrogens (primary N) is 1. The van der Waals surface area contributed by atoms with E-state index < -0.39 is 0 Å². The van der Waals surface area contributed by atoms with E-state index in [1.807, 2.05) is 18.2 Å². The molecule has 1 aliphatic rings. The average molecular weight is 288 g/mol. The maximum atomic E-state index is 5.91. The van der Waals surface area contributed by atoms with Crippen LogP contribution in [-0.4, -0.2) is 25.8 Å². The molecule has 4 nitrogen and oxygen atoms in total. The van der Waals surface area contributed by atoms with Gasteiger partial charge < -0.3 is 15.2 Å². The van der Waals surface area contributed by atoms with Crippen molar-refractivity contribution in [2.75, 3.05) is 19.8 Å². The summed E-state index contributed by atoms with van der Waals surface area (Å²) in [6.07, 6.45) is 8.46. The normalized spacial score (nSPS) is 16.6. The van der Waals surface area contributed by atoms with Gasteiger partial charge in [-0.3, -0.25) is 5.32 Å². The fourth-order valence-electron chi connectivity index (χ4n) is 2.44. The molecule has 1 heterocycles. The molecular weight excluding hydrogens is 264 g/mol. The van der Waals surface area contributed by atoms with Crippen LogP contribution in [0.5, 0.6) is 11.5 Å². The Hall–Kier alpha value is -1.70. The summed E-state index contributed by atoms with van der Waals surface area (Å²) in [6.45, 7) is 3.99. The Morgan fingerprint density at radius 2 is 2.10 bits per heavy atom. The average Bonchev–Trinajstić information content (AvgIpc) is 2.76. The molecule has 0 saturated carbocycles. The molecule has 2 rings (SSSR count). The van der Waals surface area contributed by atoms with Gasteiger partial charge >= 0.3 is 0 Å². The van der Waals surface area contributed by atoms with Crippen LogP contribution in [0.25, 0.3) is 0 Å². The molecular formula is C17H24N2O2. The van der Waals surface area contributed by atoms with E-state index in [1.165, 1.54) is 0 Å². The number of nitrogens with one attached hydrogen (secondary N) is 1. The van der Waals surface area contributed by atoms with Crippen LogP contribution in [-0.2, 0) is 0 Å². The van der Waals surface area contributed by atoms with Gasteiger partial charge in [0.1, 0.15) is 0 Å². The van der Waals surface area contributed by atoms with Crippen LogP contribution < -0.4 is 20.5 Å². The summed E-state index contributed by atoms with van der Waals surface area (Å²) in [5.41, 5.74) is 6.99. The van der Waals surface area contributed by atoms with Crippen molar-refractivity contribution in [3.05, 3.63) is 23.8 Å². The Kier molecular flexibility index (Phi) is 5.91. The summed E-state index contributed by atoms with van der Waals surface area (Å²) < 4.78 is 11.4. The molecule has 2 atom stereocenters. The van der Waals surface area contributed by atoms with Gasteiger partial charge in [-0.05, 0) is 24.1 Å². The van der Waals surface area contributed by atoms with Crippen LogP contribution >= 0.6 is 0 Å². The molecule has 0 bridgehead atoms. The molecule has 0 amide bonds. The highest BCUT2D eigenvalue weighted by molar-refractivity contribution is 5.44. The van der Waals surface area contributed by atoms with Gasteiger partial charge in [-0.1, -0.05) is 25.3 Å². The van der Waals surface area contributed by atoms with E-state index >= 15 is 0 Å². The molecule has 1 aromatic rings. The minimum absolute atomic E-state index is 0.0229. The third-order valence-electron chi connectivity index (χ3n) is 3.59. The number of rotatable bonds is 6. The molecule has 1 aromatic carbocycles. The highest BCUT2D eigenvalue weighted by Crippen LogP contribution is 2.32. The van der Waals surface area contributed by atoms with Gasteiger partial charge in [-0.25, -0.2) is 0 Å². The lowest BCUT2D eigenvalue weighted by Crippen LogP contribution is -2.35. The zero-order chi connectivity index (χ0) is 15.1. The lowest BCUT2D eigenvalue weighted by molar-refractivity contribution is 0.297. The summed E-state index contributed by atoms with van der Waals surface area (Å²) >= 11 is 0. The largest absolute Gasteiger partial charge is 0.490 e. The van der Waals surface area contributed by atoms with E-state index in [-0.39, 0.29) is 12.1 Å². The maximum absolute atomic E-state index is 5.91. The second kappa shape index (κ2) is 7.92. The Morgan fingerprint density at radius 3 is 2.76 bits per heavy atom. The van der Waals surface area contributed by atoms with Crippen LogP contribution in [0.4, 0.5) is 0 Å². The first kappa shape index (κ1) is 15.7. The van der Waals surface area contributed by atoms with E-state index in [4.69, 9.17) is 21.6 Å². The standard InChI is InChI=1S/C17H24N2O2/c1-3-6-14(4-2)19-15(12-18)13-7-8-16-17(11-13)21-10-5-9-20-16/h2,7-8,11,14-15,19H,3,5-6,9-10,12,18H2,1H3. The third-order valence-corrected chi connectivity index (χ3v) is 3.59. The van der Waals surface area contributed by atoms with Crippen molar-refractivity contribution >= 4 is 0 Å². The zero-order valence-electron chi connectivity index (χ0n) is 12.6. The smallest absolute Gasteiger partial charge is 0.161 e.